The minimum absolute atomic E-state index is 0.217. The lowest BCUT2D eigenvalue weighted by Crippen LogP contribution is -2.16. The molecule has 1 heterocycles. The lowest BCUT2D eigenvalue weighted by molar-refractivity contribution is 0.554. The summed E-state index contributed by atoms with van der Waals surface area (Å²) in [5, 5.41) is 7.98. The maximum absolute atomic E-state index is 11.6. The summed E-state index contributed by atoms with van der Waals surface area (Å²) >= 11 is 0. The fourth-order valence-corrected chi connectivity index (χ4v) is 3.46. The van der Waals surface area contributed by atoms with Gasteiger partial charge in [0.1, 0.15) is 9.84 Å². The van der Waals surface area contributed by atoms with Crippen LogP contribution in [0.15, 0.2) is 0 Å². The highest BCUT2D eigenvalue weighted by atomic mass is 32.2. The SMILES string of the molecule is CCc1nn(CCCS(=O)(=O)CC)c(CC)c1C(C)NC. The van der Waals surface area contributed by atoms with Crippen molar-refractivity contribution >= 4 is 9.84 Å². The van der Waals surface area contributed by atoms with Crippen LogP contribution < -0.4 is 5.32 Å². The van der Waals surface area contributed by atoms with E-state index >= 15 is 0 Å². The first-order valence-corrected chi connectivity index (χ1v) is 9.68. The van der Waals surface area contributed by atoms with Crippen LogP contribution in [0.1, 0.15) is 57.1 Å². The first kappa shape index (κ1) is 18.2. The zero-order chi connectivity index (χ0) is 16.0. The largest absolute Gasteiger partial charge is 0.313 e. The zero-order valence-corrected chi connectivity index (χ0v) is 14.8. The van der Waals surface area contributed by atoms with E-state index in [0.717, 1.165) is 18.5 Å². The molecule has 0 aliphatic carbocycles. The molecule has 0 bridgehead atoms. The number of aryl methyl sites for hydroxylation is 2. The van der Waals surface area contributed by atoms with Crippen LogP contribution in [0, 0.1) is 0 Å². The second kappa shape index (κ2) is 7.94. The number of sulfone groups is 1. The highest BCUT2D eigenvalue weighted by Gasteiger charge is 2.19. The minimum atomic E-state index is -2.89. The van der Waals surface area contributed by atoms with Gasteiger partial charge in [-0.05, 0) is 33.2 Å². The Hall–Kier alpha value is -0.880. The van der Waals surface area contributed by atoms with Gasteiger partial charge in [0, 0.05) is 29.6 Å². The van der Waals surface area contributed by atoms with Gasteiger partial charge in [0.15, 0.2) is 0 Å². The van der Waals surface area contributed by atoms with Crippen molar-refractivity contribution in [2.75, 3.05) is 18.6 Å². The number of hydrogen-bond donors (Lipinski definition) is 1. The van der Waals surface area contributed by atoms with Gasteiger partial charge in [-0.2, -0.15) is 5.10 Å². The molecule has 5 nitrogen and oxygen atoms in total. The summed E-state index contributed by atoms with van der Waals surface area (Å²) in [7, 11) is -0.939. The normalized spacial score (nSPS) is 13.6. The van der Waals surface area contributed by atoms with E-state index in [2.05, 4.69) is 26.1 Å². The van der Waals surface area contributed by atoms with E-state index in [1.807, 2.05) is 11.7 Å². The molecule has 1 atom stereocenters. The number of nitrogens with one attached hydrogen (secondary N) is 1. The van der Waals surface area contributed by atoms with Crippen LogP contribution in [0.3, 0.4) is 0 Å². The van der Waals surface area contributed by atoms with Crippen molar-refractivity contribution in [1.29, 1.82) is 0 Å². The molecule has 0 saturated heterocycles. The van der Waals surface area contributed by atoms with Gasteiger partial charge < -0.3 is 5.32 Å². The number of hydrogen-bond acceptors (Lipinski definition) is 4. The molecule has 1 aromatic rings. The maximum atomic E-state index is 11.6. The molecular weight excluding hydrogens is 286 g/mol. The average molecular weight is 315 g/mol. The van der Waals surface area contributed by atoms with Gasteiger partial charge in [-0.3, -0.25) is 4.68 Å². The summed E-state index contributed by atoms with van der Waals surface area (Å²) in [5.74, 6) is 0.458. The van der Waals surface area contributed by atoms with Crippen LogP contribution in [0.25, 0.3) is 0 Å². The lowest BCUT2D eigenvalue weighted by atomic mass is 10.0. The second-order valence-corrected chi connectivity index (χ2v) is 7.81. The fourth-order valence-electron chi connectivity index (χ4n) is 2.61. The van der Waals surface area contributed by atoms with Crippen molar-refractivity contribution in [3.8, 4) is 0 Å². The molecule has 1 rings (SSSR count). The van der Waals surface area contributed by atoms with Crippen LogP contribution >= 0.6 is 0 Å². The molecule has 6 heteroatoms. The molecule has 0 fully saturated rings. The monoisotopic (exact) mass is 315 g/mol. The van der Waals surface area contributed by atoms with E-state index in [0.29, 0.717) is 13.0 Å². The average Bonchev–Trinajstić information content (AvgIpc) is 2.83. The molecule has 0 spiro atoms. The molecule has 0 radical (unpaired) electrons. The van der Waals surface area contributed by atoms with E-state index in [1.54, 1.807) is 6.92 Å². The summed E-state index contributed by atoms with van der Waals surface area (Å²) in [6.45, 7) is 8.75. The number of rotatable bonds is 9. The van der Waals surface area contributed by atoms with E-state index in [4.69, 9.17) is 5.10 Å². The van der Waals surface area contributed by atoms with Crippen molar-refractivity contribution < 1.29 is 8.42 Å². The quantitative estimate of drug-likeness (QED) is 0.758. The summed E-state index contributed by atoms with van der Waals surface area (Å²) in [5.41, 5.74) is 3.62. The van der Waals surface area contributed by atoms with Gasteiger partial charge in [0.05, 0.1) is 11.4 Å². The molecular formula is C15H29N3O2S. The predicted octanol–water partition coefficient (Wildman–Crippen LogP) is 2.11. The topological polar surface area (TPSA) is 64.0 Å². The van der Waals surface area contributed by atoms with Crippen LogP contribution in [-0.2, 0) is 29.2 Å². The van der Waals surface area contributed by atoms with Gasteiger partial charge >= 0.3 is 0 Å². The third-order valence-corrected chi connectivity index (χ3v) is 5.77. The van der Waals surface area contributed by atoms with Crippen molar-refractivity contribution in [1.82, 2.24) is 15.1 Å². The fraction of sp³-hybridized carbons (Fsp3) is 0.800. The highest BCUT2D eigenvalue weighted by molar-refractivity contribution is 7.91. The molecule has 122 valence electrons. The first-order chi connectivity index (χ1) is 9.90. The second-order valence-electron chi connectivity index (χ2n) is 5.34. The van der Waals surface area contributed by atoms with Crippen LogP contribution in [0.4, 0.5) is 0 Å². The molecule has 1 aromatic heterocycles. The predicted molar refractivity (Wildman–Crippen MR) is 87.4 cm³/mol. The molecule has 0 saturated carbocycles. The lowest BCUT2D eigenvalue weighted by Gasteiger charge is -2.13. The molecule has 0 aromatic carbocycles. The Morgan fingerprint density at radius 1 is 1.24 bits per heavy atom. The molecule has 0 aliphatic rings. The standard InChI is InChI=1S/C15H29N3O2S/c1-6-13-15(12(4)16-5)14(7-2)18(17-13)10-9-11-21(19,20)8-3/h12,16H,6-11H2,1-5H3. The van der Waals surface area contributed by atoms with E-state index in [1.165, 1.54) is 11.3 Å². The van der Waals surface area contributed by atoms with Gasteiger partial charge in [0.2, 0.25) is 0 Å². The Morgan fingerprint density at radius 3 is 2.38 bits per heavy atom. The highest BCUT2D eigenvalue weighted by Crippen LogP contribution is 2.23. The Bertz CT molecular complexity index is 550. The van der Waals surface area contributed by atoms with E-state index < -0.39 is 9.84 Å². The van der Waals surface area contributed by atoms with Crippen LogP contribution in [0.5, 0.6) is 0 Å². The Kier molecular flexibility index (Phi) is 6.87. The van der Waals surface area contributed by atoms with Crippen molar-refractivity contribution in [2.24, 2.45) is 0 Å². The Balaban J connectivity index is 2.95. The van der Waals surface area contributed by atoms with Crippen LogP contribution in [-0.4, -0.2) is 36.8 Å². The van der Waals surface area contributed by atoms with E-state index in [9.17, 15) is 8.42 Å². The summed E-state index contributed by atoms with van der Waals surface area (Å²) in [4.78, 5) is 0. The number of nitrogens with zero attached hydrogens (tertiary/aromatic N) is 2. The van der Waals surface area contributed by atoms with E-state index in [-0.39, 0.29) is 17.5 Å². The molecule has 21 heavy (non-hydrogen) atoms. The van der Waals surface area contributed by atoms with Gasteiger partial charge in [0.25, 0.3) is 0 Å². The molecule has 0 amide bonds. The Morgan fingerprint density at radius 2 is 1.90 bits per heavy atom. The third kappa shape index (κ3) is 4.54. The van der Waals surface area contributed by atoms with Crippen molar-refractivity contribution in [2.45, 2.75) is 59.5 Å². The number of aromatic nitrogens is 2. The minimum Gasteiger partial charge on any atom is -0.313 e. The molecule has 0 aliphatic heterocycles. The van der Waals surface area contributed by atoms with Gasteiger partial charge in [-0.15, -0.1) is 0 Å². The zero-order valence-electron chi connectivity index (χ0n) is 13.9. The maximum Gasteiger partial charge on any atom is 0.150 e. The van der Waals surface area contributed by atoms with Crippen molar-refractivity contribution in [3.05, 3.63) is 17.0 Å². The summed E-state index contributed by atoms with van der Waals surface area (Å²) < 4.78 is 25.2. The third-order valence-electron chi connectivity index (χ3n) is 3.98. The van der Waals surface area contributed by atoms with Gasteiger partial charge in [-0.25, -0.2) is 8.42 Å². The Labute approximate surface area is 129 Å². The molecule has 1 unspecified atom stereocenters. The first-order valence-electron chi connectivity index (χ1n) is 7.86. The summed E-state index contributed by atoms with van der Waals surface area (Å²) in [6, 6.07) is 0.267. The van der Waals surface area contributed by atoms with Gasteiger partial charge in [-0.1, -0.05) is 20.8 Å². The molecule has 1 N–H and O–H groups in total. The summed E-state index contributed by atoms with van der Waals surface area (Å²) in [6.07, 6.45) is 2.44. The van der Waals surface area contributed by atoms with Crippen LogP contribution in [0.2, 0.25) is 0 Å². The smallest absolute Gasteiger partial charge is 0.150 e. The van der Waals surface area contributed by atoms with Crippen molar-refractivity contribution in [3.63, 3.8) is 0 Å².